The number of hydrogen-bond donors (Lipinski definition) is 1. The van der Waals surface area contributed by atoms with Crippen molar-refractivity contribution in [1.82, 2.24) is 0 Å². The smallest absolute Gasteiger partial charge is 0.341 e. The molecule has 0 fully saturated rings. The van der Waals surface area contributed by atoms with Crippen molar-refractivity contribution >= 4 is 39.8 Å². The van der Waals surface area contributed by atoms with Crippen molar-refractivity contribution in [2.75, 3.05) is 12.4 Å². The van der Waals surface area contributed by atoms with Crippen LogP contribution < -0.4 is 5.32 Å². The van der Waals surface area contributed by atoms with Crippen molar-refractivity contribution in [3.8, 4) is 11.1 Å². The zero-order chi connectivity index (χ0) is 18.7. The Morgan fingerprint density at radius 1 is 1.08 bits per heavy atom. The number of carbonyl (C=O) groups excluding carboxylic acids is 2. The van der Waals surface area contributed by atoms with E-state index in [1.807, 2.05) is 0 Å². The maximum absolute atomic E-state index is 13.2. The van der Waals surface area contributed by atoms with Crippen molar-refractivity contribution < 1.29 is 18.7 Å². The molecular formula is C19H13ClFNO3S. The van der Waals surface area contributed by atoms with E-state index in [0.717, 1.165) is 0 Å². The largest absolute Gasteiger partial charge is 0.465 e. The quantitative estimate of drug-likeness (QED) is 0.620. The molecule has 3 aromatic rings. The van der Waals surface area contributed by atoms with E-state index in [1.165, 1.54) is 30.6 Å². The van der Waals surface area contributed by atoms with E-state index in [2.05, 4.69) is 5.32 Å². The SMILES string of the molecule is COC(=O)c1c(-c2ccc(F)cc2)csc1NC(=O)c1ccc(Cl)cc1. The Labute approximate surface area is 158 Å². The van der Waals surface area contributed by atoms with E-state index in [-0.39, 0.29) is 17.3 Å². The molecule has 0 radical (unpaired) electrons. The molecule has 1 N–H and O–H groups in total. The van der Waals surface area contributed by atoms with Gasteiger partial charge in [-0.1, -0.05) is 23.7 Å². The van der Waals surface area contributed by atoms with Gasteiger partial charge in [0.25, 0.3) is 5.91 Å². The molecule has 7 heteroatoms. The lowest BCUT2D eigenvalue weighted by Gasteiger charge is -2.08. The van der Waals surface area contributed by atoms with Crippen molar-refractivity contribution in [1.29, 1.82) is 0 Å². The molecule has 1 amide bonds. The molecule has 1 heterocycles. The third-order valence-corrected chi connectivity index (χ3v) is 4.82. The zero-order valence-electron chi connectivity index (χ0n) is 13.6. The fourth-order valence-corrected chi connectivity index (χ4v) is 3.45. The summed E-state index contributed by atoms with van der Waals surface area (Å²) in [6, 6.07) is 12.1. The van der Waals surface area contributed by atoms with Crippen LogP contribution >= 0.6 is 22.9 Å². The highest BCUT2D eigenvalue weighted by Crippen LogP contribution is 2.36. The first-order valence-corrected chi connectivity index (χ1v) is 8.78. The van der Waals surface area contributed by atoms with Gasteiger partial charge in [0.1, 0.15) is 16.4 Å². The lowest BCUT2D eigenvalue weighted by Crippen LogP contribution is -2.14. The number of hydrogen-bond acceptors (Lipinski definition) is 4. The third-order valence-electron chi connectivity index (χ3n) is 3.67. The number of esters is 1. The van der Waals surface area contributed by atoms with Crippen molar-refractivity contribution in [2.45, 2.75) is 0 Å². The predicted octanol–water partition coefficient (Wildman–Crippen LogP) is 5.25. The summed E-state index contributed by atoms with van der Waals surface area (Å²) in [5, 5.41) is 5.32. The van der Waals surface area contributed by atoms with E-state index in [4.69, 9.17) is 16.3 Å². The molecule has 0 aliphatic heterocycles. The Morgan fingerprint density at radius 2 is 1.73 bits per heavy atom. The molecule has 0 aliphatic carbocycles. The fraction of sp³-hybridized carbons (Fsp3) is 0.0526. The van der Waals surface area contributed by atoms with Gasteiger partial charge in [-0.3, -0.25) is 4.79 Å². The Balaban J connectivity index is 1.96. The number of nitrogens with one attached hydrogen (secondary N) is 1. The summed E-state index contributed by atoms with van der Waals surface area (Å²) in [5.41, 5.74) is 1.84. The molecule has 3 rings (SSSR count). The monoisotopic (exact) mass is 389 g/mol. The van der Waals surface area contributed by atoms with Gasteiger partial charge in [-0.2, -0.15) is 0 Å². The minimum Gasteiger partial charge on any atom is -0.465 e. The molecule has 132 valence electrons. The lowest BCUT2D eigenvalue weighted by molar-refractivity contribution is 0.0603. The van der Waals surface area contributed by atoms with Crippen molar-refractivity contribution in [2.24, 2.45) is 0 Å². The van der Waals surface area contributed by atoms with Gasteiger partial charge in [0.05, 0.1) is 7.11 Å². The Kier molecular flexibility index (Phi) is 5.35. The van der Waals surface area contributed by atoms with Crippen LogP contribution in [0.25, 0.3) is 11.1 Å². The molecule has 4 nitrogen and oxygen atoms in total. The first-order valence-electron chi connectivity index (χ1n) is 7.52. The topological polar surface area (TPSA) is 55.4 Å². The minimum absolute atomic E-state index is 0.228. The van der Waals surface area contributed by atoms with Gasteiger partial charge >= 0.3 is 5.97 Å². The van der Waals surface area contributed by atoms with Crippen LogP contribution in [0.2, 0.25) is 5.02 Å². The summed E-state index contributed by atoms with van der Waals surface area (Å²) >= 11 is 7.02. The molecule has 2 aromatic carbocycles. The normalized spacial score (nSPS) is 10.4. The van der Waals surface area contributed by atoms with E-state index < -0.39 is 5.97 Å². The van der Waals surface area contributed by atoms with Gasteiger partial charge in [0.2, 0.25) is 0 Å². The second-order valence-corrected chi connectivity index (χ2v) is 6.63. The molecule has 0 unspecified atom stereocenters. The van der Waals surface area contributed by atoms with Crippen LogP contribution in [0.4, 0.5) is 9.39 Å². The number of halogens is 2. The molecule has 0 atom stereocenters. The van der Waals surface area contributed by atoms with Crippen LogP contribution in [0.15, 0.2) is 53.9 Å². The standard InChI is InChI=1S/C19H13ClFNO3S/c1-25-19(24)16-15(11-4-8-14(21)9-5-11)10-26-18(16)22-17(23)12-2-6-13(20)7-3-12/h2-10H,1H3,(H,22,23). The third kappa shape index (κ3) is 3.76. The van der Waals surface area contributed by atoms with Crippen LogP contribution in [0.5, 0.6) is 0 Å². The number of amides is 1. The van der Waals surface area contributed by atoms with Gasteiger partial charge in [-0.15, -0.1) is 11.3 Å². The van der Waals surface area contributed by atoms with Crippen molar-refractivity contribution in [3.05, 3.63) is 75.9 Å². The van der Waals surface area contributed by atoms with E-state index >= 15 is 0 Å². The van der Waals surface area contributed by atoms with Crippen LogP contribution in [0, 0.1) is 5.82 Å². The number of anilines is 1. The Hall–Kier alpha value is -2.70. The summed E-state index contributed by atoms with van der Waals surface area (Å²) in [6.45, 7) is 0. The summed E-state index contributed by atoms with van der Waals surface area (Å²) in [6.07, 6.45) is 0. The number of thiophene rings is 1. The zero-order valence-corrected chi connectivity index (χ0v) is 15.2. The average molecular weight is 390 g/mol. The summed E-state index contributed by atoms with van der Waals surface area (Å²) in [4.78, 5) is 24.7. The summed E-state index contributed by atoms with van der Waals surface area (Å²) in [7, 11) is 1.26. The molecule has 0 aliphatic rings. The summed E-state index contributed by atoms with van der Waals surface area (Å²) < 4.78 is 18.0. The molecule has 0 saturated carbocycles. The maximum atomic E-state index is 13.2. The first kappa shape index (κ1) is 18.1. The lowest BCUT2D eigenvalue weighted by atomic mass is 10.0. The Morgan fingerprint density at radius 3 is 2.35 bits per heavy atom. The van der Waals surface area contributed by atoms with Gasteiger partial charge in [-0.05, 0) is 42.0 Å². The van der Waals surface area contributed by atoms with Gasteiger partial charge < -0.3 is 10.1 Å². The van der Waals surface area contributed by atoms with Crippen LogP contribution in [0.1, 0.15) is 20.7 Å². The second kappa shape index (κ2) is 7.68. The molecule has 0 bridgehead atoms. The van der Waals surface area contributed by atoms with Crippen molar-refractivity contribution in [3.63, 3.8) is 0 Å². The minimum atomic E-state index is -0.586. The average Bonchev–Trinajstić information content (AvgIpc) is 3.05. The van der Waals surface area contributed by atoms with Crippen LogP contribution in [0.3, 0.4) is 0 Å². The van der Waals surface area contributed by atoms with E-state index in [0.29, 0.717) is 26.7 Å². The maximum Gasteiger partial charge on any atom is 0.341 e. The van der Waals surface area contributed by atoms with E-state index in [1.54, 1.807) is 41.8 Å². The predicted molar refractivity (Wildman–Crippen MR) is 100 cm³/mol. The number of benzene rings is 2. The Bertz CT molecular complexity index is 952. The van der Waals surface area contributed by atoms with Crippen LogP contribution in [-0.2, 0) is 4.74 Å². The highest BCUT2D eigenvalue weighted by molar-refractivity contribution is 7.15. The van der Waals surface area contributed by atoms with Gasteiger partial charge in [-0.25, -0.2) is 9.18 Å². The number of ether oxygens (including phenoxy) is 1. The van der Waals surface area contributed by atoms with Gasteiger partial charge in [0.15, 0.2) is 0 Å². The van der Waals surface area contributed by atoms with Gasteiger partial charge in [0, 0.05) is 21.5 Å². The molecule has 0 saturated heterocycles. The second-order valence-electron chi connectivity index (χ2n) is 5.31. The van der Waals surface area contributed by atoms with E-state index in [9.17, 15) is 14.0 Å². The van der Waals surface area contributed by atoms with Crippen LogP contribution in [-0.4, -0.2) is 19.0 Å². The molecule has 1 aromatic heterocycles. The molecular weight excluding hydrogens is 377 g/mol. The molecule has 26 heavy (non-hydrogen) atoms. The highest BCUT2D eigenvalue weighted by Gasteiger charge is 2.22. The summed E-state index contributed by atoms with van der Waals surface area (Å²) in [5.74, 6) is -1.34. The number of rotatable bonds is 4. The highest BCUT2D eigenvalue weighted by atomic mass is 35.5. The first-order chi connectivity index (χ1) is 12.5. The number of carbonyl (C=O) groups is 2. The number of methoxy groups -OCH3 is 1. The molecule has 0 spiro atoms. The fourth-order valence-electron chi connectivity index (χ4n) is 2.37.